The van der Waals surface area contributed by atoms with Crippen LogP contribution in [0.15, 0.2) is 48.7 Å². The van der Waals surface area contributed by atoms with Crippen molar-refractivity contribution in [2.45, 2.75) is 32.4 Å². The van der Waals surface area contributed by atoms with E-state index in [0.29, 0.717) is 34.3 Å². The van der Waals surface area contributed by atoms with Crippen LogP contribution < -0.4 is 10.1 Å². The Morgan fingerprint density at radius 2 is 1.78 bits per heavy atom. The van der Waals surface area contributed by atoms with E-state index in [2.05, 4.69) is 27.1 Å². The molecule has 216 valence electrons. The van der Waals surface area contributed by atoms with Crippen molar-refractivity contribution in [2.75, 3.05) is 25.0 Å². The number of ketones is 1. The smallest absolute Gasteiger partial charge is 0.419 e. The molecule has 0 atom stereocenters. The molecule has 12 heteroatoms. The topological polar surface area (TPSA) is 72.3 Å². The molecule has 3 heterocycles. The number of nitrogens with zero attached hydrogens (tertiary/aromatic N) is 4. The number of nitrogens with one attached hydrogen (secondary N) is 1. The highest BCUT2D eigenvalue weighted by Crippen LogP contribution is 2.35. The van der Waals surface area contributed by atoms with Gasteiger partial charge in [-0.3, -0.25) is 9.78 Å². The number of alkyl halides is 3. The highest BCUT2D eigenvalue weighted by Gasteiger charge is 2.35. The van der Waals surface area contributed by atoms with Gasteiger partial charge in [-0.2, -0.15) is 13.2 Å². The number of aryl methyl sites for hydroxylation is 1. The van der Waals surface area contributed by atoms with Crippen molar-refractivity contribution in [3.05, 3.63) is 71.6 Å². The summed E-state index contributed by atoms with van der Waals surface area (Å²) in [4.78, 5) is 23.8. The molecular formula is C29H28F5N5O2. The molecule has 2 aromatic carbocycles. The first-order valence-corrected chi connectivity index (χ1v) is 13.2. The second kappa shape index (κ2) is 11.4. The molecule has 1 fully saturated rings. The number of Topliss-reactive ketones (excluding diaryl/α,β-unsaturated/α-hetero) is 1. The van der Waals surface area contributed by atoms with E-state index in [1.54, 1.807) is 43.6 Å². The molecule has 0 amide bonds. The van der Waals surface area contributed by atoms with Gasteiger partial charge in [-0.1, -0.05) is 6.92 Å². The first kappa shape index (κ1) is 28.5. The molecule has 4 aromatic rings. The number of hydrogen-bond acceptors (Lipinski definition) is 6. The van der Waals surface area contributed by atoms with Crippen molar-refractivity contribution in [3.8, 4) is 11.5 Å². The fourth-order valence-corrected chi connectivity index (χ4v) is 4.98. The zero-order valence-electron chi connectivity index (χ0n) is 22.4. The average molecular weight is 574 g/mol. The number of ether oxygens (including phenoxy) is 1. The average Bonchev–Trinajstić information content (AvgIpc) is 3.23. The quantitative estimate of drug-likeness (QED) is 0.238. The third-order valence-electron chi connectivity index (χ3n) is 7.33. The van der Waals surface area contributed by atoms with E-state index >= 15 is 0 Å². The predicted molar refractivity (Wildman–Crippen MR) is 143 cm³/mol. The van der Waals surface area contributed by atoms with Crippen molar-refractivity contribution < 1.29 is 31.5 Å². The number of halogens is 5. The second-order valence-electron chi connectivity index (χ2n) is 10.0. The van der Waals surface area contributed by atoms with Crippen LogP contribution in [0, 0.1) is 17.6 Å². The molecule has 0 aliphatic carbocycles. The van der Waals surface area contributed by atoms with E-state index in [1.165, 1.54) is 4.57 Å². The maximum atomic E-state index is 14.3. The number of anilines is 2. The van der Waals surface area contributed by atoms with Crippen LogP contribution in [0.4, 0.5) is 33.6 Å². The Morgan fingerprint density at radius 1 is 1.05 bits per heavy atom. The first-order valence-electron chi connectivity index (χ1n) is 13.2. The number of fused-ring (bicyclic) bond motifs is 1. The van der Waals surface area contributed by atoms with E-state index in [-0.39, 0.29) is 30.1 Å². The lowest BCUT2D eigenvalue weighted by atomic mass is 9.90. The Kier molecular flexibility index (Phi) is 7.94. The van der Waals surface area contributed by atoms with Gasteiger partial charge in [0.05, 0.1) is 28.0 Å². The predicted octanol–water partition coefficient (Wildman–Crippen LogP) is 6.64. The molecule has 0 saturated carbocycles. The summed E-state index contributed by atoms with van der Waals surface area (Å²) in [6, 6.07) is 8.93. The molecule has 2 aromatic heterocycles. The molecule has 1 N–H and O–H groups in total. The monoisotopic (exact) mass is 573 g/mol. The number of carbonyl (C=O) groups excluding carboxylic acids is 1. The van der Waals surface area contributed by atoms with Crippen LogP contribution in [0.2, 0.25) is 0 Å². The number of aromatic nitrogens is 3. The molecule has 7 nitrogen and oxygen atoms in total. The number of pyridine rings is 1. The van der Waals surface area contributed by atoms with Crippen molar-refractivity contribution in [2.24, 2.45) is 13.0 Å². The molecule has 0 bridgehead atoms. The van der Waals surface area contributed by atoms with Crippen molar-refractivity contribution >= 4 is 28.5 Å². The van der Waals surface area contributed by atoms with Crippen LogP contribution in [0.1, 0.15) is 31.0 Å². The Labute approximate surface area is 233 Å². The van der Waals surface area contributed by atoms with Crippen molar-refractivity contribution in [1.82, 2.24) is 19.4 Å². The minimum absolute atomic E-state index is 0.0296. The lowest BCUT2D eigenvalue weighted by molar-refractivity contribution is -0.140. The van der Waals surface area contributed by atoms with Crippen LogP contribution in [0.5, 0.6) is 11.5 Å². The Morgan fingerprint density at radius 3 is 2.49 bits per heavy atom. The molecular weight excluding hydrogens is 545 g/mol. The normalized spacial score (nSPS) is 14.9. The van der Waals surface area contributed by atoms with Crippen LogP contribution in [0.3, 0.4) is 0 Å². The SMILES string of the molecule is CCN1CCC(C(=O)Cc2cc(Oc3ccc4c(c3)nc(Nc3cc(C(F)(F)F)c(F)cc3F)n4C)ccn2)CC1. The summed E-state index contributed by atoms with van der Waals surface area (Å²) in [5.74, 6) is -1.75. The molecule has 1 aliphatic heterocycles. The van der Waals surface area contributed by atoms with E-state index < -0.39 is 29.1 Å². The first-order chi connectivity index (χ1) is 19.5. The fourth-order valence-electron chi connectivity index (χ4n) is 4.98. The summed E-state index contributed by atoms with van der Waals surface area (Å²) < 4.78 is 74.8. The molecule has 41 heavy (non-hydrogen) atoms. The van der Waals surface area contributed by atoms with Crippen LogP contribution in [-0.4, -0.2) is 44.9 Å². The van der Waals surface area contributed by atoms with Gasteiger partial charge < -0.3 is 19.5 Å². The van der Waals surface area contributed by atoms with E-state index in [9.17, 15) is 26.7 Å². The Bertz CT molecular complexity index is 1580. The van der Waals surface area contributed by atoms with Crippen molar-refractivity contribution in [1.29, 1.82) is 0 Å². The van der Waals surface area contributed by atoms with Gasteiger partial charge in [0, 0.05) is 43.8 Å². The fraction of sp³-hybridized carbons (Fsp3) is 0.345. The molecule has 0 unspecified atom stereocenters. The van der Waals surface area contributed by atoms with Crippen LogP contribution in [-0.2, 0) is 24.4 Å². The summed E-state index contributed by atoms with van der Waals surface area (Å²) in [6.07, 6.45) is -1.49. The number of hydrogen-bond donors (Lipinski definition) is 1. The standard InChI is InChI=1S/C29H28F5N5O2/c1-3-39-10-7-17(8-11-39)27(40)13-18-12-20(6-9-35-18)41-19-4-5-26-25(14-19)37-28(38(26)2)36-24-15-21(29(32,33)34)22(30)16-23(24)31/h4-6,9,12,14-17H,3,7-8,10-11,13H2,1-2H3,(H,36,37). The minimum Gasteiger partial charge on any atom is -0.457 e. The lowest BCUT2D eigenvalue weighted by Gasteiger charge is -2.30. The largest absolute Gasteiger partial charge is 0.457 e. The van der Waals surface area contributed by atoms with Gasteiger partial charge >= 0.3 is 6.18 Å². The Balaban J connectivity index is 1.30. The number of piperidine rings is 1. The number of carbonyl (C=O) groups is 1. The van der Waals surface area contributed by atoms with E-state index in [0.717, 1.165) is 32.5 Å². The van der Waals surface area contributed by atoms with Crippen LogP contribution >= 0.6 is 0 Å². The summed E-state index contributed by atoms with van der Waals surface area (Å²) in [7, 11) is 1.60. The lowest BCUT2D eigenvalue weighted by Crippen LogP contribution is -2.36. The summed E-state index contributed by atoms with van der Waals surface area (Å²) in [5.41, 5.74) is -0.530. The summed E-state index contributed by atoms with van der Waals surface area (Å²) in [5, 5.41) is 2.52. The van der Waals surface area contributed by atoms with Gasteiger partial charge in [-0.05, 0) is 56.7 Å². The second-order valence-corrected chi connectivity index (χ2v) is 10.0. The van der Waals surface area contributed by atoms with Crippen LogP contribution in [0.25, 0.3) is 11.0 Å². The zero-order valence-corrected chi connectivity index (χ0v) is 22.4. The summed E-state index contributed by atoms with van der Waals surface area (Å²) in [6.45, 7) is 4.94. The van der Waals surface area contributed by atoms with Gasteiger partial charge in [0.1, 0.15) is 28.9 Å². The van der Waals surface area contributed by atoms with Gasteiger partial charge in [-0.15, -0.1) is 0 Å². The van der Waals surface area contributed by atoms with E-state index in [4.69, 9.17) is 4.74 Å². The Hall–Kier alpha value is -4.06. The highest BCUT2D eigenvalue weighted by atomic mass is 19.4. The van der Waals surface area contributed by atoms with Gasteiger partial charge in [0.2, 0.25) is 5.95 Å². The molecule has 1 aliphatic rings. The van der Waals surface area contributed by atoms with E-state index in [1.807, 2.05) is 0 Å². The maximum Gasteiger partial charge on any atom is 0.419 e. The van der Waals surface area contributed by atoms with Gasteiger partial charge in [0.15, 0.2) is 0 Å². The third kappa shape index (κ3) is 6.32. The zero-order chi connectivity index (χ0) is 29.3. The van der Waals surface area contributed by atoms with Gasteiger partial charge in [-0.25, -0.2) is 13.8 Å². The molecule has 5 rings (SSSR count). The number of imidazole rings is 1. The third-order valence-corrected chi connectivity index (χ3v) is 7.33. The number of likely N-dealkylation sites (tertiary alicyclic amines) is 1. The molecule has 1 saturated heterocycles. The minimum atomic E-state index is -4.99. The number of rotatable bonds is 8. The highest BCUT2D eigenvalue weighted by molar-refractivity contribution is 5.83. The van der Waals surface area contributed by atoms with Crippen molar-refractivity contribution in [3.63, 3.8) is 0 Å². The van der Waals surface area contributed by atoms with Gasteiger partial charge in [0.25, 0.3) is 0 Å². The number of benzene rings is 2. The summed E-state index contributed by atoms with van der Waals surface area (Å²) >= 11 is 0. The molecule has 0 radical (unpaired) electrons. The maximum absolute atomic E-state index is 14.3. The molecule has 0 spiro atoms.